The minimum Gasteiger partial charge on any atom is -0.441 e. The smallest absolute Gasteiger partial charge is 0.321 e. The van der Waals surface area contributed by atoms with E-state index in [2.05, 4.69) is 10.3 Å². The molecular weight excluding hydrogens is 282 g/mol. The van der Waals surface area contributed by atoms with Gasteiger partial charge in [-0.25, -0.2) is 9.78 Å². The van der Waals surface area contributed by atoms with Crippen LogP contribution in [0.1, 0.15) is 18.6 Å². The molecule has 2 heterocycles. The molecule has 116 valence electrons. The summed E-state index contributed by atoms with van der Waals surface area (Å²) in [4.78, 5) is 18.0. The van der Waals surface area contributed by atoms with E-state index in [9.17, 15) is 9.90 Å². The lowest BCUT2D eigenvalue weighted by Gasteiger charge is -2.30. The number of oxazole rings is 1. The standard InChI is InChI=1S/C16H19N3O3/c1-11-9-17-15(22-11)12-4-2-5-13(8-12)18-16(21)19-7-3-6-14(20)10-19/h2,4-5,8-9,14,20H,3,6-7,10H2,1H3,(H,18,21). The maximum absolute atomic E-state index is 12.2. The molecule has 0 aliphatic carbocycles. The third-order valence-corrected chi connectivity index (χ3v) is 3.67. The SMILES string of the molecule is Cc1cnc(-c2cccc(NC(=O)N3CCCC(O)C3)c2)o1. The van der Waals surface area contributed by atoms with Gasteiger partial charge in [-0.15, -0.1) is 0 Å². The maximum Gasteiger partial charge on any atom is 0.321 e. The fourth-order valence-electron chi connectivity index (χ4n) is 2.56. The summed E-state index contributed by atoms with van der Waals surface area (Å²) < 4.78 is 5.49. The average molecular weight is 301 g/mol. The summed E-state index contributed by atoms with van der Waals surface area (Å²) in [6.45, 7) is 2.88. The van der Waals surface area contributed by atoms with E-state index in [-0.39, 0.29) is 6.03 Å². The second-order valence-electron chi connectivity index (χ2n) is 5.53. The molecule has 2 aromatic rings. The van der Waals surface area contributed by atoms with Crippen molar-refractivity contribution < 1.29 is 14.3 Å². The molecule has 0 saturated carbocycles. The lowest BCUT2D eigenvalue weighted by atomic mass is 10.1. The number of carbonyl (C=O) groups is 1. The molecule has 0 spiro atoms. The Balaban J connectivity index is 1.71. The van der Waals surface area contributed by atoms with Crippen molar-refractivity contribution in [3.63, 3.8) is 0 Å². The van der Waals surface area contributed by atoms with E-state index in [0.29, 0.717) is 24.7 Å². The number of nitrogens with one attached hydrogen (secondary N) is 1. The summed E-state index contributed by atoms with van der Waals surface area (Å²) in [5, 5.41) is 12.5. The first-order chi connectivity index (χ1) is 10.6. The minimum absolute atomic E-state index is 0.195. The second kappa shape index (κ2) is 6.19. The predicted octanol–water partition coefficient (Wildman–Crippen LogP) is 2.64. The van der Waals surface area contributed by atoms with Gasteiger partial charge >= 0.3 is 6.03 Å². The highest BCUT2D eigenvalue weighted by Gasteiger charge is 2.22. The number of carbonyl (C=O) groups excluding carboxylic acids is 1. The van der Waals surface area contributed by atoms with Crippen molar-refractivity contribution in [1.29, 1.82) is 0 Å². The molecule has 6 heteroatoms. The van der Waals surface area contributed by atoms with Crippen LogP contribution in [-0.4, -0.2) is 40.2 Å². The van der Waals surface area contributed by atoms with Gasteiger partial charge in [-0.1, -0.05) is 6.07 Å². The van der Waals surface area contributed by atoms with Crippen molar-refractivity contribution >= 4 is 11.7 Å². The molecule has 1 aliphatic heterocycles. The summed E-state index contributed by atoms with van der Waals surface area (Å²) in [7, 11) is 0. The Morgan fingerprint density at radius 3 is 3.09 bits per heavy atom. The lowest BCUT2D eigenvalue weighted by molar-refractivity contribution is 0.0883. The molecule has 6 nitrogen and oxygen atoms in total. The molecule has 0 radical (unpaired) electrons. The highest BCUT2D eigenvalue weighted by atomic mass is 16.4. The van der Waals surface area contributed by atoms with Crippen LogP contribution in [0.4, 0.5) is 10.5 Å². The molecule has 2 N–H and O–H groups in total. The number of urea groups is 1. The number of likely N-dealkylation sites (tertiary alicyclic amines) is 1. The zero-order chi connectivity index (χ0) is 15.5. The Hall–Kier alpha value is -2.34. The number of hydrogen-bond acceptors (Lipinski definition) is 4. The van der Waals surface area contributed by atoms with Gasteiger partial charge in [0.15, 0.2) is 0 Å². The number of piperidine rings is 1. The summed E-state index contributed by atoms with van der Waals surface area (Å²) >= 11 is 0. The van der Waals surface area contributed by atoms with Crippen LogP contribution in [0.2, 0.25) is 0 Å². The topological polar surface area (TPSA) is 78.6 Å². The molecule has 1 saturated heterocycles. The number of anilines is 1. The van der Waals surface area contributed by atoms with E-state index in [0.717, 1.165) is 24.2 Å². The molecule has 1 aromatic heterocycles. The van der Waals surface area contributed by atoms with Gasteiger partial charge in [0.25, 0.3) is 0 Å². The van der Waals surface area contributed by atoms with Gasteiger partial charge in [0.2, 0.25) is 5.89 Å². The quantitative estimate of drug-likeness (QED) is 0.893. The van der Waals surface area contributed by atoms with E-state index in [1.165, 1.54) is 0 Å². The Bertz CT molecular complexity index is 668. The molecule has 1 atom stereocenters. The average Bonchev–Trinajstić information content (AvgIpc) is 2.94. The Morgan fingerprint density at radius 1 is 1.50 bits per heavy atom. The van der Waals surface area contributed by atoms with E-state index in [1.54, 1.807) is 11.1 Å². The number of aliphatic hydroxyl groups is 1. The molecule has 1 aliphatic rings. The molecule has 22 heavy (non-hydrogen) atoms. The molecule has 1 aromatic carbocycles. The van der Waals surface area contributed by atoms with Crippen LogP contribution in [0.3, 0.4) is 0 Å². The first-order valence-corrected chi connectivity index (χ1v) is 7.38. The van der Waals surface area contributed by atoms with Crippen LogP contribution >= 0.6 is 0 Å². The highest BCUT2D eigenvalue weighted by molar-refractivity contribution is 5.90. The largest absolute Gasteiger partial charge is 0.441 e. The van der Waals surface area contributed by atoms with Crippen LogP contribution < -0.4 is 5.32 Å². The molecule has 0 bridgehead atoms. The Labute approximate surface area is 128 Å². The molecule has 1 unspecified atom stereocenters. The summed E-state index contributed by atoms with van der Waals surface area (Å²) in [6.07, 6.45) is 2.81. The summed E-state index contributed by atoms with van der Waals surface area (Å²) in [6, 6.07) is 7.17. The number of aromatic nitrogens is 1. The van der Waals surface area contributed by atoms with Crippen molar-refractivity contribution in [3.05, 3.63) is 36.2 Å². The van der Waals surface area contributed by atoms with Crippen molar-refractivity contribution in [3.8, 4) is 11.5 Å². The molecule has 2 amide bonds. The number of β-amino-alcohol motifs (C(OH)–C–C–N with tert-alkyl or cyclic N) is 1. The number of hydrogen-bond donors (Lipinski definition) is 2. The van der Waals surface area contributed by atoms with Gasteiger partial charge in [0, 0.05) is 24.3 Å². The lowest BCUT2D eigenvalue weighted by Crippen LogP contribution is -2.44. The van der Waals surface area contributed by atoms with Crippen LogP contribution in [0.15, 0.2) is 34.9 Å². The Kier molecular flexibility index (Phi) is 4.11. The third-order valence-electron chi connectivity index (χ3n) is 3.67. The summed E-state index contributed by atoms with van der Waals surface area (Å²) in [5.74, 6) is 1.27. The maximum atomic E-state index is 12.2. The molecular formula is C16H19N3O3. The number of aliphatic hydroxyl groups excluding tert-OH is 1. The van der Waals surface area contributed by atoms with E-state index < -0.39 is 6.10 Å². The van der Waals surface area contributed by atoms with E-state index >= 15 is 0 Å². The number of rotatable bonds is 2. The number of benzene rings is 1. The fraction of sp³-hybridized carbons (Fsp3) is 0.375. The van der Waals surface area contributed by atoms with Gasteiger partial charge in [-0.3, -0.25) is 0 Å². The van der Waals surface area contributed by atoms with Crippen LogP contribution in [0.25, 0.3) is 11.5 Å². The monoisotopic (exact) mass is 301 g/mol. The first-order valence-electron chi connectivity index (χ1n) is 7.38. The molecule has 1 fully saturated rings. The molecule has 3 rings (SSSR count). The van der Waals surface area contributed by atoms with Crippen molar-refractivity contribution in [2.75, 3.05) is 18.4 Å². The van der Waals surface area contributed by atoms with E-state index in [4.69, 9.17) is 4.42 Å². The number of nitrogens with zero attached hydrogens (tertiary/aromatic N) is 2. The normalized spacial score (nSPS) is 18.3. The predicted molar refractivity (Wildman–Crippen MR) is 82.5 cm³/mol. The number of amides is 2. The van der Waals surface area contributed by atoms with Gasteiger partial charge in [0.05, 0.1) is 12.3 Å². The van der Waals surface area contributed by atoms with Crippen molar-refractivity contribution in [1.82, 2.24) is 9.88 Å². The fourth-order valence-corrected chi connectivity index (χ4v) is 2.56. The highest BCUT2D eigenvalue weighted by Crippen LogP contribution is 2.22. The van der Waals surface area contributed by atoms with Crippen LogP contribution in [-0.2, 0) is 0 Å². The van der Waals surface area contributed by atoms with Gasteiger partial charge < -0.3 is 19.7 Å². The van der Waals surface area contributed by atoms with Crippen molar-refractivity contribution in [2.45, 2.75) is 25.9 Å². The van der Waals surface area contributed by atoms with Gasteiger partial charge in [0.1, 0.15) is 5.76 Å². The van der Waals surface area contributed by atoms with Gasteiger partial charge in [-0.2, -0.15) is 0 Å². The first kappa shape index (κ1) is 14.6. The zero-order valence-corrected chi connectivity index (χ0v) is 12.5. The second-order valence-corrected chi connectivity index (χ2v) is 5.53. The van der Waals surface area contributed by atoms with Crippen LogP contribution in [0.5, 0.6) is 0 Å². The van der Waals surface area contributed by atoms with Crippen molar-refractivity contribution in [2.24, 2.45) is 0 Å². The van der Waals surface area contributed by atoms with Crippen LogP contribution in [0, 0.1) is 6.92 Å². The third kappa shape index (κ3) is 3.28. The van der Waals surface area contributed by atoms with E-state index in [1.807, 2.05) is 31.2 Å². The number of aryl methyl sites for hydroxylation is 1. The minimum atomic E-state index is -0.430. The summed E-state index contributed by atoms with van der Waals surface area (Å²) in [5.41, 5.74) is 1.49. The zero-order valence-electron chi connectivity index (χ0n) is 12.5. The van der Waals surface area contributed by atoms with Gasteiger partial charge in [-0.05, 0) is 38.0 Å². The Morgan fingerprint density at radius 2 is 2.36 bits per heavy atom.